The van der Waals surface area contributed by atoms with Crippen molar-refractivity contribution in [1.82, 2.24) is 0 Å². The minimum absolute atomic E-state index is 0.541. The van der Waals surface area contributed by atoms with E-state index in [2.05, 4.69) is 62.2 Å². The second kappa shape index (κ2) is 5.53. The van der Waals surface area contributed by atoms with Crippen LogP contribution in [0.5, 0.6) is 0 Å². The minimum Gasteiger partial charge on any atom is -0.384 e. The molecule has 0 saturated carbocycles. The number of fused-ring (bicyclic) bond motifs is 1. The fourth-order valence-electron chi connectivity index (χ4n) is 3.34. The Labute approximate surface area is 127 Å². The largest absolute Gasteiger partial charge is 0.384 e. The summed E-state index contributed by atoms with van der Waals surface area (Å²) in [6, 6.07) is 12.7. The number of rotatable bonds is 2. The van der Waals surface area contributed by atoms with Crippen LogP contribution in [0.25, 0.3) is 0 Å². The van der Waals surface area contributed by atoms with Gasteiger partial charge in [0.2, 0.25) is 0 Å². The molecule has 2 aromatic rings. The third-order valence-corrected chi connectivity index (χ3v) is 4.33. The van der Waals surface area contributed by atoms with E-state index < -0.39 is 6.10 Å². The van der Waals surface area contributed by atoms with Gasteiger partial charge in [-0.15, -0.1) is 0 Å². The van der Waals surface area contributed by atoms with E-state index in [-0.39, 0.29) is 0 Å². The van der Waals surface area contributed by atoms with Gasteiger partial charge in [0.25, 0.3) is 0 Å². The maximum absolute atomic E-state index is 10.7. The Kier molecular flexibility index (Phi) is 3.73. The number of aryl methyl sites for hydroxylation is 3. The molecule has 2 nitrogen and oxygen atoms in total. The van der Waals surface area contributed by atoms with E-state index in [0.29, 0.717) is 0 Å². The van der Waals surface area contributed by atoms with E-state index in [4.69, 9.17) is 0 Å². The molecule has 21 heavy (non-hydrogen) atoms. The highest BCUT2D eigenvalue weighted by Gasteiger charge is 2.17. The SMILES string of the molecule is Cc1cc(C)cc(C(O)c2ccc3c(c2)CCCN3C)c1. The zero-order valence-electron chi connectivity index (χ0n) is 13.1. The number of benzene rings is 2. The molecule has 0 bridgehead atoms. The molecule has 0 radical (unpaired) electrons. The molecule has 0 aliphatic carbocycles. The smallest absolute Gasteiger partial charge is 0.104 e. The Hall–Kier alpha value is -1.80. The summed E-state index contributed by atoms with van der Waals surface area (Å²) in [4.78, 5) is 2.30. The molecule has 2 heteroatoms. The van der Waals surface area contributed by atoms with Gasteiger partial charge in [-0.2, -0.15) is 0 Å². The monoisotopic (exact) mass is 281 g/mol. The van der Waals surface area contributed by atoms with E-state index in [1.165, 1.54) is 28.8 Å². The zero-order chi connectivity index (χ0) is 15.0. The van der Waals surface area contributed by atoms with Crippen LogP contribution in [0.1, 0.15) is 40.3 Å². The maximum Gasteiger partial charge on any atom is 0.104 e. The van der Waals surface area contributed by atoms with Gasteiger partial charge in [-0.05, 0) is 49.4 Å². The van der Waals surface area contributed by atoms with Crippen molar-refractivity contribution < 1.29 is 5.11 Å². The van der Waals surface area contributed by atoms with Crippen molar-refractivity contribution in [2.24, 2.45) is 0 Å². The highest BCUT2D eigenvalue weighted by Crippen LogP contribution is 2.31. The van der Waals surface area contributed by atoms with Gasteiger partial charge in [-0.3, -0.25) is 0 Å². The topological polar surface area (TPSA) is 23.5 Å². The van der Waals surface area contributed by atoms with Gasteiger partial charge in [-0.1, -0.05) is 41.5 Å². The van der Waals surface area contributed by atoms with Crippen molar-refractivity contribution in [3.8, 4) is 0 Å². The van der Waals surface area contributed by atoms with Crippen LogP contribution in [0.2, 0.25) is 0 Å². The molecule has 1 unspecified atom stereocenters. The minimum atomic E-state index is -0.541. The first-order valence-corrected chi connectivity index (χ1v) is 7.65. The van der Waals surface area contributed by atoms with Crippen LogP contribution < -0.4 is 4.90 Å². The quantitative estimate of drug-likeness (QED) is 0.906. The molecule has 0 aromatic heterocycles. The third-order valence-electron chi connectivity index (χ3n) is 4.33. The molecule has 0 amide bonds. The Morgan fingerprint density at radius 1 is 1.00 bits per heavy atom. The molecule has 3 rings (SSSR count). The molecule has 0 fully saturated rings. The van der Waals surface area contributed by atoms with E-state index in [0.717, 1.165) is 24.1 Å². The van der Waals surface area contributed by atoms with E-state index >= 15 is 0 Å². The van der Waals surface area contributed by atoms with Gasteiger partial charge < -0.3 is 10.0 Å². The molecular formula is C19H23NO. The van der Waals surface area contributed by atoms with Crippen LogP contribution >= 0.6 is 0 Å². The van der Waals surface area contributed by atoms with Crippen LogP contribution in [0.15, 0.2) is 36.4 Å². The lowest BCUT2D eigenvalue weighted by molar-refractivity contribution is 0.220. The number of aliphatic hydroxyl groups excluding tert-OH is 1. The highest BCUT2D eigenvalue weighted by atomic mass is 16.3. The second-order valence-electron chi connectivity index (χ2n) is 6.24. The Morgan fingerprint density at radius 2 is 1.71 bits per heavy atom. The zero-order valence-corrected chi connectivity index (χ0v) is 13.1. The van der Waals surface area contributed by atoms with Gasteiger partial charge in [-0.25, -0.2) is 0 Å². The standard InChI is InChI=1S/C19H23NO/c1-13-9-14(2)11-17(10-13)19(21)16-6-7-18-15(12-16)5-4-8-20(18)3/h6-7,9-12,19,21H,4-5,8H2,1-3H3. The van der Waals surface area contributed by atoms with Crippen molar-refractivity contribution in [2.45, 2.75) is 32.8 Å². The molecule has 1 aliphatic heterocycles. The Morgan fingerprint density at radius 3 is 2.43 bits per heavy atom. The van der Waals surface area contributed by atoms with Gasteiger partial charge in [0.15, 0.2) is 0 Å². The first kappa shape index (κ1) is 14.2. The lowest BCUT2D eigenvalue weighted by Crippen LogP contribution is -2.24. The Bertz CT molecular complexity index is 642. The molecule has 110 valence electrons. The fourth-order valence-corrected chi connectivity index (χ4v) is 3.34. The Balaban J connectivity index is 1.96. The van der Waals surface area contributed by atoms with Gasteiger partial charge in [0.05, 0.1) is 0 Å². The first-order valence-electron chi connectivity index (χ1n) is 7.65. The van der Waals surface area contributed by atoms with Crippen LogP contribution in [0.3, 0.4) is 0 Å². The van der Waals surface area contributed by atoms with Crippen molar-refractivity contribution in [3.05, 3.63) is 64.2 Å². The summed E-state index contributed by atoms with van der Waals surface area (Å²) in [5, 5.41) is 10.7. The predicted molar refractivity (Wildman–Crippen MR) is 88.0 cm³/mol. The van der Waals surface area contributed by atoms with E-state index in [1.807, 2.05) is 0 Å². The van der Waals surface area contributed by atoms with Crippen LogP contribution in [0.4, 0.5) is 5.69 Å². The summed E-state index contributed by atoms with van der Waals surface area (Å²) in [5.74, 6) is 0. The summed E-state index contributed by atoms with van der Waals surface area (Å²) < 4.78 is 0. The maximum atomic E-state index is 10.7. The van der Waals surface area contributed by atoms with Crippen LogP contribution in [-0.2, 0) is 6.42 Å². The van der Waals surface area contributed by atoms with Crippen molar-refractivity contribution in [2.75, 3.05) is 18.5 Å². The first-order chi connectivity index (χ1) is 10.0. The van der Waals surface area contributed by atoms with Crippen molar-refractivity contribution >= 4 is 5.69 Å². The number of anilines is 1. The summed E-state index contributed by atoms with van der Waals surface area (Å²) >= 11 is 0. The van der Waals surface area contributed by atoms with Gasteiger partial charge in [0.1, 0.15) is 6.10 Å². The number of nitrogens with zero attached hydrogens (tertiary/aromatic N) is 1. The average molecular weight is 281 g/mol. The molecule has 1 aliphatic rings. The molecule has 0 spiro atoms. The summed E-state index contributed by atoms with van der Waals surface area (Å²) in [6.45, 7) is 5.27. The summed E-state index contributed by atoms with van der Waals surface area (Å²) in [7, 11) is 2.14. The van der Waals surface area contributed by atoms with E-state index in [9.17, 15) is 5.11 Å². The molecular weight excluding hydrogens is 258 g/mol. The summed E-state index contributed by atoms with van der Waals surface area (Å²) in [6.07, 6.45) is 1.75. The highest BCUT2D eigenvalue weighted by molar-refractivity contribution is 5.57. The fraction of sp³-hybridized carbons (Fsp3) is 0.368. The number of hydrogen-bond donors (Lipinski definition) is 1. The van der Waals surface area contributed by atoms with Crippen molar-refractivity contribution in [1.29, 1.82) is 0 Å². The second-order valence-corrected chi connectivity index (χ2v) is 6.24. The van der Waals surface area contributed by atoms with Gasteiger partial charge >= 0.3 is 0 Å². The normalized spacial score (nSPS) is 15.7. The van der Waals surface area contributed by atoms with Crippen molar-refractivity contribution in [3.63, 3.8) is 0 Å². The molecule has 0 saturated heterocycles. The predicted octanol–water partition coefficient (Wildman–Crippen LogP) is 3.77. The molecule has 2 aromatic carbocycles. The average Bonchev–Trinajstić information content (AvgIpc) is 2.45. The van der Waals surface area contributed by atoms with Crippen LogP contribution in [-0.4, -0.2) is 18.7 Å². The van der Waals surface area contributed by atoms with Gasteiger partial charge in [0, 0.05) is 19.3 Å². The van der Waals surface area contributed by atoms with Crippen LogP contribution in [0, 0.1) is 13.8 Å². The molecule has 1 heterocycles. The lowest BCUT2D eigenvalue weighted by Gasteiger charge is -2.28. The third kappa shape index (κ3) is 2.81. The van der Waals surface area contributed by atoms with E-state index in [1.54, 1.807) is 0 Å². The number of aliphatic hydroxyl groups is 1. The lowest BCUT2D eigenvalue weighted by atomic mass is 9.93. The summed E-state index contributed by atoms with van der Waals surface area (Å²) in [5.41, 5.74) is 7.02. The molecule has 1 atom stereocenters. The molecule has 1 N–H and O–H groups in total. The number of hydrogen-bond acceptors (Lipinski definition) is 2.